The Hall–Kier alpha value is -1.40. The number of benzene rings is 1. The number of rotatable bonds is 4. The van der Waals surface area contributed by atoms with E-state index in [0.29, 0.717) is 12.2 Å². The minimum absolute atomic E-state index is 0.321. The number of nitrogens with zero attached hydrogens (tertiary/aromatic N) is 1. The van der Waals surface area contributed by atoms with Gasteiger partial charge in [0.2, 0.25) is 0 Å². The second kappa shape index (κ2) is 6.85. The van der Waals surface area contributed by atoms with E-state index in [4.69, 9.17) is 4.74 Å². The fourth-order valence-corrected chi connectivity index (χ4v) is 2.65. The Balaban J connectivity index is 2.02. The highest BCUT2D eigenvalue weighted by molar-refractivity contribution is 9.11. The lowest BCUT2D eigenvalue weighted by molar-refractivity contribution is 0.0600. The van der Waals surface area contributed by atoms with Crippen LogP contribution in [0.4, 0.5) is 0 Å². The number of hydrogen-bond donors (Lipinski definition) is 0. The second-order valence-corrected chi connectivity index (χ2v) is 5.66. The van der Waals surface area contributed by atoms with E-state index >= 15 is 0 Å². The van der Waals surface area contributed by atoms with Gasteiger partial charge in [-0.25, -0.2) is 4.79 Å². The van der Waals surface area contributed by atoms with Crippen molar-refractivity contribution < 1.29 is 14.3 Å². The van der Waals surface area contributed by atoms with Crippen molar-refractivity contribution in [1.29, 1.82) is 0 Å². The third-order valence-corrected chi connectivity index (χ3v) is 3.63. The number of carbonyl (C=O) groups excluding carboxylic acids is 1. The highest BCUT2D eigenvalue weighted by atomic mass is 79.9. The largest absolute Gasteiger partial charge is 0.486 e. The van der Waals surface area contributed by atoms with E-state index in [0.717, 1.165) is 20.4 Å². The number of ether oxygens (including phenoxy) is 2. The van der Waals surface area contributed by atoms with Crippen LogP contribution in [0.1, 0.15) is 16.1 Å². The predicted octanol–water partition coefficient (Wildman–Crippen LogP) is 3.97. The van der Waals surface area contributed by atoms with Gasteiger partial charge in [0.1, 0.15) is 12.4 Å². The van der Waals surface area contributed by atoms with Gasteiger partial charge in [-0.1, -0.05) is 15.9 Å². The molecule has 2 aromatic rings. The fraction of sp³-hybridized carbons (Fsp3) is 0.143. The molecule has 1 aromatic heterocycles. The number of aromatic nitrogens is 1. The lowest BCUT2D eigenvalue weighted by atomic mass is 10.2. The summed E-state index contributed by atoms with van der Waals surface area (Å²) in [5, 5.41) is 0. The summed E-state index contributed by atoms with van der Waals surface area (Å²) < 4.78 is 12.1. The second-order valence-electron chi connectivity index (χ2n) is 3.89. The van der Waals surface area contributed by atoms with E-state index in [-0.39, 0.29) is 0 Å². The SMILES string of the molecule is COC(=O)c1ccc(COc2ccc(Br)cc2Br)nc1. The third kappa shape index (κ3) is 3.80. The number of methoxy groups -OCH3 is 1. The van der Waals surface area contributed by atoms with E-state index in [1.54, 1.807) is 12.1 Å². The van der Waals surface area contributed by atoms with Crippen LogP contribution in [0.2, 0.25) is 0 Å². The average molecular weight is 401 g/mol. The lowest BCUT2D eigenvalue weighted by Gasteiger charge is -2.08. The van der Waals surface area contributed by atoms with Gasteiger partial charge in [-0.05, 0) is 46.3 Å². The molecule has 2 rings (SSSR count). The minimum Gasteiger partial charge on any atom is -0.486 e. The molecule has 0 unspecified atom stereocenters. The van der Waals surface area contributed by atoms with Crippen molar-refractivity contribution in [3.8, 4) is 5.75 Å². The fourth-order valence-electron chi connectivity index (χ4n) is 1.49. The first-order valence-corrected chi connectivity index (χ1v) is 7.30. The Morgan fingerprint density at radius 2 is 2.05 bits per heavy atom. The van der Waals surface area contributed by atoms with Crippen molar-refractivity contribution in [2.45, 2.75) is 6.61 Å². The van der Waals surface area contributed by atoms with Crippen LogP contribution < -0.4 is 4.74 Å². The van der Waals surface area contributed by atoms with Gasteiger partial charge in [-0.15, -0.1) is 0 Å². The molecule has 0 amide bonds. The van der Waals surface area contributed by atoms with Crippen LogP contribution in [0.5, 0.6) is 5.75 Å². The first-order valence-electron chi connectivity index (χ1n) is 5.71. The summed E-state index contributed by atoms with van der Waals surface area (Å²) >= 11 is 6.80. The normalized spacial score (nSPS) is 10.2. The number of halogens is 2. The van der Waals surface area contributed by atoms with E-state index in [2.05, 4.69) is 41.6 Å². The first kappa shape index (κ1) is 15.0. The van der Waals surface area contributed by atoms with E-state index < -0.39 is 5.97 Å². The van der Waals surface area contributed by atoms with Crippen LogP contribution in [0, 0.1) is 0 Å². The Bertz CT molecular complexity index is 614. The number of carbonyl (C=O) groups is 1. The molecule has 0 bridgehead atoms. The Morgan fingerprint density at radius 1 is 1.25 bits per heavy atom. The van der Waals surface area contributed by atoms with Crippen LogP contribution in [-0.4, -0.2) is 18.1 Å². The summed E-state index contributed by atoms with van der Waals surface area (Å²) in [4.78, 5) is 15.4. The monoisotopic (exact) mass is 399 g/mol. The van der Waals surface area contributed by atoms with Crippen molar-refractivity contribution >= 4 is 37.8 Å². The minimum atomic E-state index is -0.402. The van der Waals surface area contributed by atoms with Gasteiger partial charge in [0.25, 0.3) is 0 Å². The van der Waals surface area contributed by atoms with Gasteiger partial charge < -0.3 is 9.47 Å². The average Bonchev–Trinajstić information content (AvgIpc) is 2.46. The Kier molecular flexibility index (Phi) is 5.14. The highest BCUT2D eigenvalue weighted by Gasteiger charge is 2.06. The lowest BCUT2D eigenvalue weighted by Crippen LogP contribution is -2.04. The summed E-state index contributed by atoms with van der Waals surface area (Å²) in [7, 11) is 1.34. The van der Waals surface area contributed by atoms with Crippen LogP contribution in [0.25, 0.3) is 0 Å². The summed E-state index contributed by atoms with van der Waals surface area (Å²) in [6.45, 7) is 0.321. The van der Waals surface area contributed by atoms with Gasteiger partial charge in [0.15, 0.2) is 0 Å². The molecule has 0 spiro atoms. The molecule has 0 aliphatic heterocycles. The molecule has 4 nitrogen and oxygen atoms in total. The molecule has 1 heterocycles. The molecule has 0 radical (unpaired) electrons. The van der Waals surface area contributed by atoms with Crippen LogP contribution >= 0.6 is 31.9 Å². The number of hydrogen-bond acceptors (Lipinski definition) is 4. The predicted molar refractivity (Wildman–Crippen MR) is 81.8 cm³/mol. The molecule has 0 saturated carbocycles. The Morgan fingerprint density at radius 3 is 2.65 bits per heavy atom. The maximum atomic E-state index is 11.3. The molecule has 104 valence electrons. The van der Waals surface area contributed by atoms with Crippen LogP contribution in [0.3, 0.4) is 0 Å². The molecule has 6 heteroatoms. The van der Waals surface area contributed by atoms with Crippen LogP contribution in [0.15, 0.2) is 45.5 Å². The molecule has 0 aliphatic carbocycles. The smallest absolute Gasteiger partial charge is 0.339 e. The molecule has 0 N–H and O–H groups in total. The van der Waals surface area contributed by atoms with Gasteiger partial charge in [-0.2, -0.15) is 0 Å². The van der Waals surface area contributed by atoms with Gasteiger partial charge >= 0.3 is 5.97 Å². The quantitative estimate of drug-likeness (QED) is 0.728. The third-order valence-electron chi connectivity index (χ3n) is 2.52. The van der Waals surface area contributed by atoms with Gasteiger partial charge in [-0.3, -0.25) is 4.98 Å². The summed E-state index contributed by atoms with van der Waals surface area (Å²) in [5.41, 5.74) is 1.15. The first-order chi connectivity index (χ1) is 9.60. The van der Waals surface area contributed by atoms with Crippen molar-refractivity contribution in [2.75, 3.05) is 7.11 Å². The molecular weight excluding hydrogens is 390 g/mol. The molecule has 0 aliphatic rings. The zero-order chi connectivity index (χ0) is 14.5. The molecule has 20 heavy (non-hydrogen) atoms. The van der Waals surface area contributed by atoms with Crippen molar-refractivity contribution in [1.82, 2.24) is 4.98 Å². The molecular formula is C14H11Br2NO3. The molecule has 0 atom stereocenters. The Labute approximate surface area is 133 Å². The standard InChI is InChI=1S/C14H11Br2NO3/c1-19-14(18)9-2-4-11(17-7-9)8-20-13-5-3-10(15)6-12(13)16/h2-7H,8H2,1H3. The van der Waals surface area contributed by atoms with E-state index in [1.807, 2.05) is 18.2 Å². The topological polar surface area (TPSA) is 48.4 Å². The summed E-state index contributed by atoms with van der Waals surface area (Å²) in [5.74, 6) is 0.327. The van der Waals surface area contributed by atoms with E-state index in [9.17, 15) is 4.79 Å². The zero-order valence-corrected chi connectivity index (χ0v) is 13.8. The maximum absolute atomic E-state index is 11.3. The number of esters is 1. The van der Waals surface area contributed by atoms with Crippen LogP contribution in [-0.2, 0) is 11.3 Å². The van der Waals surface area contributed by atoms with E-state index in [1.165, 1.54) is 13.3 Å². The van der Waals surface area contributed by atoms with Crippen molar-refractivity contribution in [3.63, 3.8) is 0 Å². The molecule has 1 aromatic carbocycles. The molecule has 0 saturated heterocycles. The van der Waals surface area contributed by atoms with Crippen molar-refractivity contribution in [3.05, 3.63) is 56.7 Å². The van der Waals surface area contributed by atoms with Crippen molar-refractivity contribution in [2.24, 2.45) is 0 Å². The number of pyridine rings is 1. The maximum Gasteiger partial charge on any atom is 0.339 e. The summed E-state index contributed by atoms with van der Waals surface area (Å²) in [6.07, 6.45) is 1.47. The molecule has 0 fully saturated rings. The van der Waals surface area contributed by atoms with Gasteiger partial charge in [0, 0.05) is 10.7 Å². The van der Waals surface area contributed by atoms with Gasteiger partial charge in [0.05, 0.1) is 22.8 Å². The zero-order valence-electron chi connectivity index (χ0n) is 10.6. The summed E-state index contributed by atoms with van der Waals surface area (Å²) in [6, 6.07) is 9.06. The highest BCUT2D eigenvalue weighted by Crippen LogP contribution is 2.28.